The molecule has 37 heavy (non-hydrogen) atoms. The number of ether oxygens (including phenoxy) is 1. The monoisotopic (exact) mass is 522 g/mol. The van der Waals surface area contributed by atoms with Crippen LogP contribution in [0.15, 0.2) is 0 Å². The van der Waals surface area contributed by atoms with Crippen LogP contribution in [-0.4, -0.2) is 31.2 Å². The average Bonchev–Trinajstić information content (AvgIpc) is 2.80. The highest BCUT2D eigenvalue weighted by Gasteiger charge is 2.42. The molecule has 0 bridgehead atoms. The average molecular weight is 523 g/mol. The van der Waals surface area contributed by atoms with E-state index in [1.165, 1.54) is 83.5 Å². The van der Waals surface area contributed by atoms with E-state index in [0.29, 0.717) is 13.0 Å². The highest BCUT2D eigenvalue weighted by atomic mass is 16.5. The van der Waals surface area contributed by atoms with E-state index in [2.05, 4.69) is 45.3 Å². The van der Waals surface area contributed by atoms with E-state index in [1.807, 2.05) is 0 Å². The Kier molecular flexibility index (Phi) is 18.0. The minimum Gasteiger partial charge on any atom is -0.450 e. The molecule has 218 valence electrons. The van der Waals surface area contributed by atoms with Crippen LogP contribution in [-0.2, 0) is 9.53 Å². The topological polar surface area (TPSA) is 67.4 Å². The van der Waals surface area contributed by atoms with Gasteiger partial charge in [0, 0.05) is 19.0 Å². The summed E-state index contributed by atoms with van der Waals surface area (Å²) in [5, 5.41) is 6.28. The molecule has 0 heterocycles. The largest absolute Gasteiger partial charge is 0.450 e. The maximum Gasteiger partial charge on any atom is 0.407 e. The molecule has 1 aliphatic rings. The predicted octanol–water partition coefficient (Wildman–Crippen LogP) is 9.09. The van der Waals surface area contributed by atoms with Gasteiger partial charge in [-0.1, -0.05) is 125 Å². The summed E-state index contributed by atoms with van der Waals surface area (Å²) in [6.07, 6.45) is 23.0. The Morgan fingerprint density at radius 3 is 1.81 bits per heavy atom. The van der Waals surface area contributed by atoms with Gasteiger partial charge in [-0.05, 0) is 42.9 Å². The lowest BCUT2D eigenvalue weighted by atomic mass is 9.61. The molecule has 1 saturated carbocycles. The number of unbranched alkanes of at least 4 members (excludes halogenated alkanes) is 14. The van der Waals surface area contributed by atoms with E-state index >= 15 is 0 Å². The second-order valence-corrected chi connectivity index (χ2v) is 13.0. The highest BCUT2D eigenvalue weighted by molar-refractivity contribution is 5.76. The Balaban J connectivity index is 2.27. The molecule has 0 aromatic carbocycles. The number of carbonyl (C=O) groups excluding carboxylic acids is 2. The van der Waals surface area contributed by atoms with Gasteiger partial charge in [0.2, 0.25) is 5.91 Å². The molecule has 0 spiro atoms. The summed E-state index contributed by atoms with van der Waals surface area (Å²) in [7, 11) is 0. The SMILES string of the molecule is CCCCCCCCCCNC(=O)CC1(C)CC(NC(=O)OCCCCCCCCCC)CC(C)(C)C1. The first kappa shape index (κ1) is 33.8. The summed E-state index contributed by atoms with van der Waals surface area (Å²) in [5.41, 5.74) is -0.0262. The third-order valence-electron chi connectivity index (χ3n) is 7.94. The van der Waals surface area contributed by atoms with Gasteiger partial charge in [-0.15, -0.1) is 0 Å². The lowest BCUT2D eigenvalue weighted by Gasteiger charge is -2.46. The van der Waals surface area contributed by atoms with Crippen LogP contribution in [0.3, 0.4) is 0 Å². The first-order valence-corrected chi connectivity index (χ1v) is 15.9. The van der Waals surface area contributed by atoms with Crippen molar-refractivity contribution in [3.63, 3.8) is 0 Å². The molecule has 0 aromatic heterocycles. The minimum atomic E-state index is -0.299. The van der Waals surface area contributed by atoms with Crippen molar-refractivity contribution < 1.29 is 14.3 Å². The molecule has 2 unspecified atom stereocenters. The summed E-state index contributed by atoms with van der Waals surface area (Å²) < 4.78 is 5.49. The van der Waals surface area contributed by atoms with Gasteiger partial charge in [0.15, 0.2) is 0 Å². The van der Waals surface area contributed by atoms with Crippen LogP contribution in [0.25, 0.3) is 0 Å². The van der Waals surface area contributed by atoms with E-state index in [0.717, 1.165) is 45.1 Å². The molecule has 0 radical (unpaired) electrons. The molecule has 1 rings (SSSR count). The number of alkyl carbamates (subject to hydrolysis) is 1. The highest BCUT2D eigenvalue weighted by Crippen LogP contribution is 2.48. The predicted molar refractivity (Wildman–Crippen MR) is 157 cm³/mol. The fourth-order valence-corrected chi connectivity index (χ4v) is 6.42. The second-order valence-electron chi connectivity index (χ2n) is 13.0. The molecule has 2 atom stereocenters. The Hall–Kier alpha value is -1.26. The fraction of sp³-hybridized carbons (Fsp3) is 0.938. The molecular weight excluding hydrogens is 460 g/mol. The number of nitrogens with one attached hydrogen (secondary N) is 2. The van der Waals surface area contributed by atoms with Gasteiger partial charge >= 0.3 is 6.09 Å². The van der Waals surface area contributed by atoms with Crippen molar-refractivity contribution in [2.24, 2.45) is 10.8 Å². The van der Waals surface area contributed by atoms with E-state index in [9.17, 15) is 9.59 Å². The zero-order valence-corrected chi connectivity index (χ0v) is 25.4. The van der Waals surface area contributed by atoms with Gasteiger partial charge in [-0.25, -0.2) is 4.79 Å². The summed E-state index contributed by atoms with van der Waals surface area (Å²) in [4.78, 5) is 25.2. The van der Waals surface area contributed by atoms with Crippen LogP contribution in [0.4, 0.5) is 4.79 Å². The third kappa shape index (κ3) is 17.8. The minimum absolute atomic E-state index is 0.0559. The molecule has 5 heteroatoms. The Labute approximate surface area is 230 Å². The number of carbonyl (C=O) groups is 2. The molecule has 0 aromatic rings. The van der Waals surface area contributed by atoms with Gasteiger partial charge in [-0.3, -0.25) is 4.79 Å². The zero-order valence-electron chi connectivity index (χ0n) is 25.4. The normalized spacial score (nSPS) is 20.9. The third-order valence-corrected chi connectivity index (χ3v) is 7.94. The van der Waals surface area contributed by atoms with Crippen molar-refractivity contribution in [3.05, 3.63) is 0 Å². The second kappa shape index (κ2) is 19.8. The maximum absolute atomic E-state index is 12.7. The van der Waals surface area contributed by atoms with Crippen molar-refractivity contribution in [3.8, 4) is 0 Å². The van der Waals surface area contributed by atoms with Crippen molar-refractivity contribution in [1.29, 1.82) is 0 Å². The van der Waals surface area contributed by atoms with Crippen LogP contribution in [0.2, 0.25) is 0 Å². The first-order chi connectivity index (χ1) is 17.7. The van der Waals surface area contributed by atoms with Crippen molar-refractivity contribution >= 4 is 12.0 Å². The number of amides is 2. The zero-order chi connectivity index (χ0) is 27.4. The standard InChI is InChI=1S/C32H62N2O3/c1-6-8-10-12-14-16-18-20-22-33-29(35)26-32(5)25-28(24-31(3,4)27-32)34-30(36)37-23-21-19-17-15-13-11-9-7-2/h28H,6-27H2,1-5H3,(H,33,35)(H,34,36). The number of hydrogen-bond acceptors (Lipinski definition) is 3. The van der Waals surface area contributed by atoms with Crippen molar-refractivity contribution in [1.82, 2.24) is 10.6 Å². The molecule has 0 aliphatic heterocycles. The van der Waals surface area contributed by atoms with Crippen LogP contribution < -0.4 is 10.6 Å². The fourth-order valence-electron chi connectivity index (χ4n) is 6.42. The molecule has 2 N–H and O–H groups in total. The summed E-state index contributed by atoms with van der Waals surface area (Å²) >= 11 is 0. The molecular formula is C32H62N2O3. The van der Waals surface area contributed by atoms with Gasteiger partial charge in [-0.2, -0.15) is 0 Å². The van der Waals surface area contributed by atoms with Crippen LogP contribution in [0, 0.1) is 10.8 Å². The van der Waals surface area contributed by atoms with Crippen LogP contribution in [0.1, 0.15) is 163 Å². The quantitative estimate of drug-likeness (QED) is 0.148. The lowest BCUT2D eigenvalue weighted by molar-refractivity contribution is -0.124. The molecule has 0 saturated heterocycles. The first-order valence-electron chi connectivity index (χ1n) is 15.9. The van der Waals surface area contributed by atoms with E-state index < -0.39 is 0 Å². The van der Waals surface area contributed by atoms with E-state index in [-0.39, 0.29) is 28.9 Å². The summed E-state index contributed by atoms with van der Waals surface area (Å²) in [6.45, 7) is 12.5. The Morgan fingerprint density at radius 1 is 0.730 bits per heavy atom. The molecule has 1 aliphatic carbocycles. The lowest BCUT2D eigenvalue weighted by Crippen LogP contribution is -2.48. The molecule has 1 fully saturated rings. The smallest absolute Gasteiger partial charge is 0.407 e. The van der Waals surface area contributed by atoms with Gasteiger partial charge < -0.3 is 15.4 Å². The van der Waals surface area contributed by atoms with Gasteiger partial charge in [0.05, 0.1) is 6.61 Å². The number of rotatable bonds is 21. The van der Waals surface area contributed by atoms with Crippen molar-refractivity contribution in [2.75, 3.05) is 13.2 Å². The Bertz CT molecular complexity index is 607. The Morgan fingerprint density at radius 2 is 1.24 bits per heavy atom. The maximum atomic E-state index is 12.7. The molecule has 2 amide bonds. The summed E-state index contributed by atoms with van der Waals surface area (Å²) in [6, 6.07) is 0.0559. The van der Waals surface area contributed by atoms with Crippen LogP contribution >= 0.6 is 0 Å². The van der Waals surface area contributed by atoms with Gasteiger partial charge in [0.25, 0.3) is 0 Å². The molecule has 5 nitrogen and oxygen atoms in total. The van der Waals surface area contributed by atoms with Crippen molar-refractivity contribution in [2.45, 2.75) is 169 Å². The van der Waals surface area contributed by atoms with Crippen LogP contribution in [0.5, 0.6) is 0 Å². The van der Waals surface area contributed by atoms with E-state index in [1.54, 1.807) is 0 Å². The van der Waals surface area contributed by atoms with E-state index in [4.69, 9.17) is 4.74 Å². The number of hydrogen-bond donors (Lipinski definition) is 2. The van der Waals surface area contributed by atoms with Gasteiger partial charge in [0.1, 0.15) is 0 Å². The summed E-state index contributed by atoms with van der Waals surface area (Å²) in [5.74, 6) is 0.152.